The Bertz CT molecular complexity index is 863. The number of hydrogen-bond donors (Lipinski definition) is 0. The van der Waals surface area contributed by atoms with Crippen LogP contribution in [-0.4, -0.2) is 38.3 Å². The second kappa shape index (κ2) is 6.07. The van der Waals surface area contributed by atoms with E-state index in [2.05, 4.69) is 32.7 Å². The Morgan fingerprint density at radius 1 is 1.17 bits per heavy atom. The fraction of sp³-hybridized carbons (Fsp3) is 0.316. The first-order valence-corrected chi connectivity index (χ1v) is 8.36. The summed E-state index contributed by atoms with van der Waals surface area (Å²) in [6.45, 7) is 3.58. The Morgan fingerprint density at radius 3 is 2.75 bits per heavy atom. The smallest absolute Gasteiger partial charge is 0.255 e. The average Bonchev–Trinajstić information content (AvgIpc) is 3.02. The summed E-state index contributed by atoms with van der Waals surface area (Å²) in [7, 11) is 0. The third-order valence-corrected chi connectivity index (χ3v) is 4.75. The maximum absolute atomic E-state index is 12.5. The van der Waals surface area contributed by atoms with Gasteiger partial charge in [-0.25, -0.2) is 4.98 Å². The first kappa shape index (κ1) is 14.9. The summed E-state index contributed by atoms with van der Waals surface area (Å²) >= 11 is 0. The van der Waals surface area contributed by atoms with Crippen molar-refractivity contribution in [3.63, 3.8) is 0 Å². The summed E-state index contributed by atoms with van der Waals surface area (Å²) in [5, 5.41) is 0. The molecule has 3 aromatic rings. The molecule has 0 atom stereocenters. The lowest BCUT2D eigenvalue weighted by molar-refractivity contribution is 0.0711. The molecule has 5 nitrogen and oxygen atoms in total. The van der Waals surface area contributed by atoms with E-state index >= 15 is 0 Å². The van der Waals surface area contributed by atoms with Crippen molar-refractivity contribution in [2.75, 3.05) is 13.1 Å². The molecule has 5 heteroatoms. The van der Waals surface area contributed by atoms with Gasteiger partial charge in [0.05, 0.1) is 11.3 Å². The number of rotatable bonds is 2. The van der Waals surface area contributed by atoms with Crippen molar-refractivity contribution in [3.8, 4) is 0 Å². The lowest BCUT2D eigenvalue weighted by atomic mass is 9.92. The molecule has 1 fully saturated rings. The number of hydrogen-bond acceptors (Lipinski definition) is 3. The van der Waals surface area contributed by atoms with Crippen LogP contribution in [0.5, 0.6) is 0 Å². The van der Waals surface area contributed by atoms with Crippen LogP contribution in [0.3, 0.4) is 0 Å². The number of carbonyl (C=O) groups excluding carboxylic acids is 1. The number of pyridine rings is 2. The third-order valence-electron chi connectivity index (χ3n) is 4.75. The van der Waals surface area contributed by atoms with E-state index in [4.69, 9.17) is 0 Å². The number of imidazole rings is 1. The van der Waals surface area contributed by atoms with E-state index in [1.54, 1.807) is 12.4 Å². The fourth-order valence-electron chi connectivity index (χ4n) is 3.54. The Kier molecular flexibility index (Phi) is 3.76. The van der Waals surface area contributed by atoms with Gasteiger partial charge in [0.15, 0.2) is 0 Å². The van der Waals surface area contributed by atoms with Crippen molar-refractivity contribution < 1.29 is 4.79 Å². The molecule has 0 spiro atoms. The molecule has 24 heavy (non-hydrogen) atoms. The van der Waals surface area contributed by atoms with Crippen LogP contribution in [0.4, 0.5) is 0 Å². The molecule has 0 radical (unpaired) electrons. The van der Waals surface area contributed by atoms with Crippen LogP contribution in [0.1, 0.15) is 40.5 Å². The van der Waals surface area contributed by atoms with Crippen LogP contribution in [0.15, 0.2) is 48.9 Å². The Morgan fingerprint density at radius 2 is 2.00 bits per heavy atom. The zero-order valence-corrected chi connectivity index (χ0v) is 13.7. The Labute approximate surface area is 141 Å². The molecule has 0 N–H and O–H groups in total. The molecule has 4 rings (SSSR count). The van der Waals surface area contributed by atoms with Crippen molar-refractivity contribution in [2.24, 2.45) is 0 Å². The maximum atomic E-state index is 12.5. The van der Waals surface area contributed by atoms with Gasteiger partial charge in [0, 0.05) is 43.3 Å². The van der Waals surface area contributed by atoms with E-state index < -0.39 is 0 Å². The zero-order chi connectivity index (χ0) is 16.5. The number of amides is 1. The molecule has 1 saturated heterocycles. The van der Waals surface area contributed by atoms with E-state index in [9.17, 15) is 4.79 Å². The van der Waals surface area contributed by atoms with Gasteiger partial charge >= 0.3 is 0 Å². The van der Waals surface area contributed by atoms with Gasteiger partial charge in [-0.1, -0.05) is 6.07 Å². The minimum atomic E-state index is 0.0817. The second-order valence-corrected chi connectivity index (χ2v) is 6.37. The number of likely N-dealkylation sites (tertiary alicyclic amines) is 1. The van der Waals surface area contributed by atoms with Crippen molar-refractivity contribution in [1.29, 1.82) is 0 Å². The van der Waals surface area contributed by atoms with Gasteiger partial charge in [0.1, 0.15) is 5.65 Å². The zero-order valence-electron chi connectivity index (χ0n) is 13.7. The van der Waals surface area contributed by atoms with E-state index in [1.165, 1.54) is 5.69 Å². The van der Waals surface area contributed by atoms with Crippen LogP contribution in [-0.2, 0) is 0 Å². The number of fused-ring (bicyclic) bond motifs is 1. The Hall–Kier alpha value is -2.69. The summed E-state index contributed by atoms with van der Waals surface area (Å²) in [6.07, 6.45) is 7.38. The predicted molar refractivity (Wildman–Crippen MR) is 92.0 cm³/mol. The van der Waals surface area contributed by atoms with Gasteiger partial charge in [-0.05, 0) is 44.0 Å². The largest absolute Gasteiger partial charge is 0.339 e. The van der Waals surface area contributed by atoms with E-state index in [0.717, 1.165) is 37.3 Å². The van der Waals surface area contributed by atoms with Gasteiger partial charge in [0.2, 0.25) is 0 Å². The molecule has 0 aromatic carbocycles. The second-order valence-electron chi connectivity index (χ2n) is 6.37. The van der Waals surface area contributed by atoms with Crippen LogP contribution in [0.2, 0.25) is 0 Å². The van der Waals surface area contributed by atoms with Gasteiger partial charge in [-0.2, -0.15) is 0 Å². The van der Waals surface area contributed by atoms with Gasteiger partial charge < -0.3 is 9.30 Å². The first-order chi connectivity index (χ1) is 11.7. The van der Waals surface area contributed by atoms with Crippen LogP contribution >= 0.6 is 0 Å². The van der Waals surface area contributed by atoms with Crippen LogP contribution in [0, 0.1) is 6.92 Å². The average molecular weight is 320 g/mol. The number of piperidine rings is 1. The highest BCUT2D eigenvalue weighted by Crippen LogP contribution is 2.29. The van der Waals surface area contributed by atoms with E-state index in [1.807, 2.05) is 30.0 Å². The van der Waals surface area contributed by atoms with Gasteiger partial charge in [0.25, 0.3) is 5.91 Å². The molecule has 1 aliphatic rings. The quantitative estimate of drug-likeness (QED) is 0.729. The molecule has 0 unspecified atom stereocenters. The predicted octanol–water partition coefficient (Wildman–Crippen LogP) is 3.06. The normalized spacial score (nSPS) is 15.8. The van der Waals surface area contributed by atoms with Crippen molar-refractivity contribution in [2.45, 2.75) is 25.7 Å². The highest BCUT2D eigenvalue weighted by atomic mass is 16.2. The lowest BCUT2D eigenvalue weighted by Gasteiger charge is -2.32. The minimum absolute atomic E-state index is 0.0817. The van der Waals surface area contributed by atoms with Gasteiger partial charge in [-0.3, -0.25) is 9.78 Å². The third kappa shape index (κ3) is 2.66. The molecular formula is C19H20N4O. The monoisotopic (exact) mass is 320 g/mol. The topological polar surface area (TPSA) is 50.5 Å². The number of aryl methyl sites for hydroxylation is 1. The van der Waals surface area contributed by atoms with E-state index in [0.29, 0.717) is 11.5 Å². The van der Waals surface area contributed by atoms with Crippen molar-refractivity contribution in [3.05, 3.63) is 65.9 Å². The standard InChI is InChI=1S/C19H20N4O/c1-14-13-23-17(5-2-6-18(23)21-14)15-7-10-22(11-8-15)19(24)16-4-3-9-20-12-16/h2-6,9,12-13,15H,7-8,10-11H2,1H3. The molecular weight excluding hydrogens is 300 g/mol. The maximum Gasteiger partial charge on any atom is 0.255 e. The summed E-state index contributed by atoms with van der Waals surface area (Å²) < 4.78 is 2.19. The van der Waals surface area contributed by atoms with E-state index in [-0.39, 0.29) is 5.91 Å². The highest BCUT2D eigenvalue weighted by Gasteiger charge is 2.25. The summed E-state index contributed by atoms with van der Waals surface area (Å²) in [5.74, 6) is 0.540. The van der Waals surface area contributed by atoms with Crippen molar-refractivity contribution in [1.82, 2.24) is 19.3 Å². The molecule has 4 heterocycles. The van der Waals surface area contributed by atoms with Gasteiger partial charge in [-0.15, -0.1) is 0 Å². The number of aromatic nitrogens is 3. The molecule has 122 valence electrons. The van der Waals surface area contributed by atoms with Crippen molar-refractivity contribution >= 4 is 11.6 Å². The molecule has 0 aliphatic carbocycles. The first-order valence-electron chi connectivity index (χ1n) is 8.36. The SMILES string of the molecule is Cc1cn2c(C3CCN(C(=O)c4cccnc4)CC3)cccc2n1. The minimum Gasteiger partial charge on any atom is -0.339 e. The fourth-order valence-corrected chi connectivity index (χ4v) is 3.54. The number of carbonyl (C=O) groups is 1. The highest BCUT2D eigenvalue weighted by molar-refractivity contribution is 5.93. The summed E-state index contributed by atoms with van der Waals surface area (Å²) in [6, 6.07) is 9.93. The Balaban J connectivity index is 1.51. The molecule has 1 amide bonds. The van der Waals surface area contributed by atoms with Crippen LogP contribution in [0.25, 0.3) is 5.65 Å². The lowest BCUT2D eigenvalue weighted by Crippen LogP contribution is -2.38. The molecule has 1 aliphatic heterocycles. The van der Waals surface area contributed by atoms with Crippen LogP contribution < -0.4 is 0 Å². The molecule has 0 saturated carbocycles. The molecule has 0 bridgehead atoms. The number of nitrogens with zero attached hydrogens (tertiary/aromatic N) is 4. The molecule has 3 aromatic heterocycles. The summed E-state index contributed by atoms with van der Waals surface area (Å²) in [5.41, 5.74) is 4.00. The summed E-state index contributed by atoms with van der Waals surface area (Å²) in [4.78, 5) is 23.1.